The highest BCUT2D eigenvalue weighted by Gasteiger charge is 2.73. The minimum absolute atomic E-state index is 0.0229. The van der Waals surface area contributed by atoms with Gasteiger partial charge in [0, 0.05) is 20.9 Å². The lowest BCUT2D eigenvalue weighted by Crippen LogP contribution is -2.30. The fourth-order valence-electron chi connectivity index (χ4n) is 6.12. The van der Waals surface area contributed by atoms with Crippen molar-refractivity contribution in [1.29, 1.82) is 0 Å². The molecule has 3 heteroatoms. The quantitative estimate of drug-likeness (QED) is 0.499. The van der Waals surface area contributed by atoms with Gasteiger partial charge >= 0.3 is 0 Å². The Labute approximate surface area is 176 Å². The molecule has 0 bridgehead atoms. The van der Waals surface area contributed by atoms with Crippen molar-refractivity contribution in [3.63, 3.8) is 0 Å². The van der Waals surface area contributed by atoms with Crippen LogP contribution in [0.4, 0.5) is 0 Å². The van der Waals surface area contributed by atoms with E-state index in [1.54, 1.807) is 0 Å². The van der Waals surface area contributed by atoms with Gasteiger partial charge < -0.3 is 0 Å². The monoisotopic (exact) mass is 410 g/mol. The molecular weight excluding hydrogens is 387 g/mol. The molecular formula is C25H24Cl2O. The van der Waals surface area contributed by atoms with Gasteiger partial charge in [-0.3, -0.25) is 4.79 Å². The van der Waals surface area contributed by atoms with E-state index in [9.17, 15) is 4.79 Å². The van der Waals surface area contributed by atoms with Crippen molar-refractivity contribution in [2.24, 2.45) is 22.7 Å². The molecule has 4 unspecified atom stereocenters. The van der Waals surface area contributed by atoms with Crippen LogP contribution in [0.1, 0.15) is 61.5 Å². The first kappa shape index (κ1) is 17.5. The first-order valence-electron chi connectivity index (χ1n) is 10.6. The highest BCUT2D eigenvalue weighted by Crippen LogP contribution is 2.76. The van der Waals surface area contributed by atoms with E-state index in [0.717, 1.165) is 48.6 Å². The zero-order valence-electron chi connectivity index (χ0n) is 15.8. The molecule has 0 radical (unpaired) electrons. The molecule has 4 atom stereocenters. The van der Waals surface area contributed by atoms with Gasteiger partial charge in [-0.15, -0.1) is 0 Å². The Morgan fingerprint density at radius 3 is 1.54 bits per heavy atom. The van der Waals surface area contributed by atoms with Gasteiger partial charge in [-0.1, -0.05) is 47.5 Å². The summed E-state index contributed by atoms with van der Waals surface area (Å²) in [6.45, 7) is 0. The Balaban J connectivity index is 1.21. The fourth-order valence-corrected chi connectivity index (χ4v) is 6.52. The van der Waals surface area contributed by atoms with Crippen LogP contribution in [0.25, 0.3) is 0 Å². The molecule has 2 aromatic rings. The standard InChI is InChI=1S/C25H24Cl2O/c26-17-5-1-3-15(11-17)19-13-21(19)24(7-8-24)23(28)25(9-10-25)22-14-20(22)16-4-2-6-18(27)12-16/h1-6,11-12,19-22H,7-10,13-14H2. The summed E-state index contributed by atoms with van der Waals surface area (Å²) in [6.07, 6.45) is 6.72. The Hall–Kier alpha value is -1.31. The molecule has 1 nitrogen and oxygen atoms in total. The number of hydrogen-bond acceptors (Lipinski definition) is 1. The molecule has 28 heavy (non-hydrogen) atoms. The van der Waals surface area contributed by atoms with Crippen LogP contribution in [-0.2, 0) is 4.79 Å². The van der Waals surface area contributed by atoms with Crippen molar-refractivity contribution in [2.75, 3.05) is 0 Å². The molecule has 0 heterocycles. The second-order valence-electron chi connectivity index (χ2n) is 9.65. The van der Waals surface area contributed by atoms with Gasteiger partial charge in [0.1, 0.15) is 5.78 Å². The summed E-state index contributed by atoms with van der Waals surface area (Å²) in [5.41, 5.74) is 2.60. The van der Waals surface area contributed by atoms with Gasteiger partial charge in [0.2, 0.25) is 0 Å². The molecule has 6 rings (SSSR count). The van der Waals surface area contributed by atoms with Crippen molar-refractivity contribution in [1.82, 2.24) is 0 Å². The molecule has 0 aromatic heterocycles. The number of benzene rings is 2. The number of rotatable bonds is 6. The number of ketones is 1. The Morgan fingerprint density at radius 2 is 1.18 bits per heavy atom. The first-order valence-corrected chi connectivity index (χ1v) is 11.3. The highest BCUT2D eigenvalue weighted by molar-refractivity contribution is 6.30. The van der Waals surface area contributed by atoms with Crippen LogP contribution in [0.3, 0.4) is 0 Å². The molecule has 4 aliphatic carbocycles. The molecule has 0 amide bonds. The molecule has 4 fully saturated rings. The largest absolute Gasteiger partial charge is 0.298 e. The fraction of sp³-hybridized carbons (Fsp3) is 0.480. The maximum atomic E-state index is 13.8. The maximum absolute atomic E-state index is 13.8. The molecule has 4 aliphatic rings. The molecule has 0 N–H and O–H groups in total. The van der Waals surface area contributed by atoms with Gasteiger partial charge in [-0.25, -0.2) is 0 Å². The number of carbonyl (C=O) groups is 1. The van der Waals surface area contributed by atoms with E-state index >= 15 is 0 Å². The van der Waals surface area contributed by atoms with E-state index in [2.05, 4.69) is 24.3 Å². The number of halogens is 2. The third-order valence-electron chi connectivity index (χ3n) is 8.04. The summed E-state index contributed by atoms with van der Waals surface area (Å²) in [4.78, 5) is 13.8. The third-order valence-corrected chi connectivity index (χ3v) is 8.51. The smallest absolute Gasteiger partial charge is 0.145 e. The minimum Gasteiger partial charge on any atom is -0.298 e. The Kier molecular flexibility index (Phi) is 3.67. The summed E-state index contributed by atoms with van der Waals surface area (Å²) in [5, 5.41) is 1.61. The van der Waals surface area contributed by atoms with Crippen LogP contribution in [-0.4, -0.2) is 5.78 Å². The van der Waals surface area contributed by atoms with E-state index in [4.69, 9.17) is 23.2 Å². The summed E-state index contributed by atoms with van der Waals surface area (Å²) in [6, 6.07) is 16.5. The topological polar surface area (TPSA) is 17.1 Å². The first-order chi connectivity index (χ1) is 13.5. The SMILES string of the molecule is O=C(C1(C2CC2c2cccc(Cl)c2)CC1)C1(C2CC2c2cccc(Cl)c2)CC1. The lowest BCUT2D eigenvalue weighted by atomic mass is 9.79. The molecule has 0 saturated heterocycles. The predicted molar refractivity (Wildman–Crippen MR) is 113 cm³/mol. The van der Waals surface area contributed by atoms with Crippen molar-refractivity contribution < 1.29 is 4.79 Å². The second kappa shape index (κ2) is 5.86. The van der Waals surface area contributed by atoms with Gasteiger partial charge in [0.15, 0.2) is 0 Å². The molecule has 0 spiro atoms. The summed E-state index contributed by atoms with van der Waals surface area (Å²) in [7, 11) is 0. The van der Waals surface area contributed by atoms with Gasteiger partial charge in [-0.05, 0) is 97.6 Å². The Morgan fingerprint density at radius 1 is 0.750 bits per heavy atom. The summed E-state index contributed by atoms with van der Waals surface area (Å²) in [5.74, 6) is 2.76. The lowest BCUT2D eigenvalue weighted by Gasteiger charge is -2.22. The minimum atomic E-state index is -0.0229. The van der Waals surface area contributed by atoms with Crippen LogP contribution < -0.4 is 0 Å². The van der Waals surface area contributed by atoms with Gasteiger partial charge in [0.05, 0.1) is 0 Å². The van der Waals surface area contributed by atoms with Crippen molar-refractivity contribution in [3.05, 3.63) is 69.7 Å². The van der Waals surface area contributed by atoms with Crippen molar-refractivity contribution >= 4 is 29.0 Å². The zero-order valence-corrected chi connectivity index (χ0v) is 17.3. The van der Waals surface area contributed by atoms with E-state index in [1.807, 2.05) is 24.3 Å². The normalized spacial score (nSPS) is 33.2. The molecule has 144 valence electrons. The van der Waals surface area contributed by atoms with Crippen LogP contribution in [0.15, 0.2) is 48.5 Å². The number of Topliss-reactive ketones (excluding diaryl/α,β-unsaturated/α-hetero) is 1. The lowest BCUT2D eigenvalue weighted by molar-refractivity contribution is -0.131. The zero-order chi connectivity index (χ0) is 19.1. The molecule has 0 aliphatic heterocycles. The second-order valence-corrected chi connectivity index (χ2v) is 10.5. The average Bonchev–Trinajstić information content (AvgIpc) is 3.54. The molecule has 4 saturated carbocycles. The Bertz CT molecular complexity index is 895. The third kappa shape index (κ3) is 2.62. The van der Waals surface area contributed by atoms with E-state index < -0.39 is 0 Å². The van der Waals surface area contributed by atoms with E-state index in [1.165, 1.54) is 11.1 Å². The average molecular weight is 411 g/mol. The van der Waals surface area contributed by atoms with Crippen LogP contribution >= 0.6 is 23.2 Å². The number of carbonyl (C=O) groups excluding carboxylic acids is 1. The predicted octanol–water partition coefficient (Wildman–Crippen LogP) is 7.03. The van der Waals surface area contributed by atoms with Crippen molar-refractivity contribution in [3.8, 4) is 0 Å². The van der Waals surface area contributed by atoms with Crippen molar-refractivity contribution in [2.45, 2.75) is 50.4 Å². The van der Waals surface area contributed by atoms with Crippen LogP contribution in [0, 0.1) is 22.7 Å². The van der Waals surface area contributed by atoms with Gasteiger partial charge in [0.25, 0.3) is 0 Å². The van der Waals surface area contributed by atoms with E-state index in [0.29, 0.717) is 29.5 Å². The van der Waals surface area contributed by atoms with Crippen LogP contribution in [0.5, 0.6) is 0 Å². The highest BCUT2D eigenvalue weighted by atomic mass is 35.5. The molecule has 2 aromatic carbocycles. The van der Waals surface area contributed by atoms with Gasteiger partial charge in [-0.2, -0.15) is 0 Å². The summed E-state index contributed by atoms with van der Waals surface area (Å²) >= 11 is 12.4. The van der Waals surface area contributed by atoms with E-state index in [-0.39, 0.29) is 10.8 Å². The van der Waals surface area contributed by atoms with Crippen LogP contribution in [0.2, 0.25) is 10.0 Å². The number of hydrogen-bond donors (Lipinski definition) is 0. The summed E-state index contributed by atoms with van der Waals surface area (Å²) < 4.78 is 0. The maximum Gasteiger partial charge on any atom is 0.145 e.